The number of aromatic nitrogens is 1. The zero-order valence-corrected chi connectivity index (χ0v) is 15.7. The van der Waals surface area contributed by atoms with Gasteiger partial charge in [-0.15, -0.1) is 11.3 Å². The average molecular weight is 369 g/mol. The fourth-order valence-electron chi connectivity index (χ4n) is 3.13. The molecule has 0 saturated carbocycles. The van der Waals surface area contributed by atoms with Gasteiger partial charge in [0.1, 0.15) is 11.9 Å². The number of thiophene rings is 1. The molecule has 0 aliphatic carbocycles. The van der Waals surface area contributed by atoms with Crippen LogP contribution in [-0.2, 0) is 11.2 Å². The SMILES string of the molecule is CC(C(=O)NCCc1cccs1)N1CCN(c2ncccc2C#N)CC1. The first-order chi connectivity index (χ1) is 12.7. The lowest BCUT2D eigenvalue weighted by molar-refractivity contribution is -0.125. The summed E-state index contributed by atoms with van der Waals surface area (Å²) in [6.07, 6.45) is 2.59. The van der Waals surface area contributed by atoms with E-state index in [1.165, 1.54) is 4.88 Å². The molecular formula is C19H23N5OS. The Bertz CT molecular complexity index is 762. The van der Waals surface area contributed by atoms with Gasteiger partial charge >= 0.3 is 0 Å². The molecule has 26 heavy (non-hydrogen) atoms. The summed E-state index contributed by atoms with van der Waals surface area (Å²) < 4.78 is 0. The summed E-state index contributed by atoms with van der Waals surface area (Å²) in [7, 11) is 0. The van der Waals surface area contributed by atoms with Crippen molar-refractivity contribution in [3.8, 4) is 6.07 Å². The molecule has 3 rings (SSSR count). The molecule has 0 aromatic carbocycles. The van der Waals surface area contributed by atoms with Crippen LogP contribution in [-0.4, -0.2) is 54.6 Å². The quantitative estimate of drug-likeness (QED) is 0.842. The van der Waals surface area contributed by atoms with E-state index in [2.05, 4.69) is 37.6 Å². The normalized spacial score (nSPS) is 16.1. The highest BCUT2D eigenvalue weighted by Gasteiger charge is 2.26. The van der Waals surface area contributed by atoms with E-state index in [1.54, 1.807) is 29.7 Å². The minimum absolute atomic E-state index is 0.0746. The Morgan fingerprint density at radius 2 is 2.15 bits per heavy atom. The summed E-state index contributed by atoms with van der Waals surface area (Å²) in [5.41, 5.74) is 0.598. The molecule has 7 heteroatoms. The number of nitrogens with one attached hydrogen (secondary N) is 1. The van der Waals surface area contributed by atoms with Gasteiger partial charge in [-0.3, -0.25) is 9.69 Å². The molecule has 1 fully saturated rings. The number of amides is 1. The third-order valence-corrected chi connectivity index (χ3v) is 5.64. The van der Waals surface area contributed by atoms with E-state index in [1.807, 2.05) is 13.0 Å². The Hall–Kier alpha value is -2.43. The fourth-order valence-corrected chi connectivity index (χ4v) is 3.84. The van der Waals surface area contributed by atoms with Gasteiger partial charge < -0.3 is 10.2 Å². The molecule has 3 heterocycles. The highest BCUT2D eigenvalue weighted by Crippen LogP contribution is 2.18. The molecular weight excluding hydrogens is 346 g/mol. The largest absolute Gasteiger partial charge is 0.354 e. The maximum atomic E-state index is 12.4. The third kappa shape index (κ3) is 4.40. The summed E-state index contributed by atoms with van der Waals surface area (Å²) in [6, 6.07) is 9.74. The number of nitrogens with zero attached hydrogens (tertiary/aromatic N) is 4. The Morgan fingerprint density at radius 1 is 1.35 bits per heavy atom. The number of hydrogen-bond acceptors (Lipinski definition) is 6. The first-order valence-corrected chi connectivity index (χ1v) is 9.71. The van der Waals surface area contributed by atoms with E-state index in [4.69, 9.17) is 0 Å². The Morgan fingerprint density at radius 3 is 2.85 bits per heavy atom. The zero-order valence-electron chi connectivity index (χ0n) is 14.9. The van der Waals surface area contributed by atoms with Crippen molar-refractivity contribution in [1.82, 2.24) is 15.2 Å². The second-order valence-corrected chi connectivity index (χ2v) is 7.34. The monoisotopic (exact) mass is 369 g/mol. The summed E-state index contributed by atoms with van der Waals surface area (Å²) >= 11 is 1.72. The first kappa shape index (κ1) is 18.4. The van der Waals surface area contributed by atoms with Gasteiger partial charge in [0.2, 0.25) is 5.91 Å². The van der Waals surface area contributed by atoms with Crippen LogP contribution in [0.1, 0.15) is 17.4 Å². The first-order valence-electron chi connectivity index (χ1n) is 8.83. The van der Waals surface area contributed by atoms with Gasteiger partial charge in [0.05, 0.1) is 11.6 Å². The minimum atomic E-state index is -0.153. The minimum Gasteiger partial charge on any atom is -0.354 e. The van der Waals surface area contributed by atoms with Crippen molar-refractivity contribution in [2.75, 3.05) is 37.6 Å². The predicted molar refractivity (Wildman–Crippen MR) is 103 cm³/mol. The molecule has 1 aliphatic rings. The lowest BCUT2D eigenvalue weighted by Crippen LogP contribution is -2.54. The number of nitriles is 1. The van der Waals surface area contributed by atoms with E-state index >= 15 is 0 Å². The van der Waals surface area contributed by atoms with Crippen LogP contribution in [0.3, 0.4) is 0 Å². The topological polar surface area (TPSA) is 72.3 Å². The van der Waals surface area contributed by atoms with Crippen LogP contribution in [0.15, 0.2) is 35.8 Å². The molecule has 0 radical (unpaired) electrons. The van der Waals surface area contributed by atoms with Gasteiger partial charge in [-0.1, -0.05) is 6.07 Å². The van der Waals surface area contributed by atoms with Crippen LogP contribution in [0, 0.1) is 11.3 Å². The molecule has 1 aliphatic heterocycles. The van der Waals surface area contributed by atoms with Gasteiger partial charge in [0.15, 0.2) is 0 Å². The van der Waals surface area contributed by atoms with Crippen molar-refractivity contribution < 1.29 is 4.79 Å². The van der Waals surface area contributed by atoms with E-state index in [9.17, 15) is 10.1 Å². The molecule has 2 aromatic heterocycles. The number of carbonyl (C=O) groups is 1. The number of rotatable bonds is 6. The Balaban J connectivity index is 1.47. The van der Waals surface area contributed by atoms with E-state index in [0.29, 0.717) is 12.1 Å². The highest BCUT2D eigenvalue weighted by molar-refractivity contribution is 7.09. The van der Waals surface area contributed by atoms with Crippen LogP contribution in [0.5, 0.6) is 0 Å². The van der Waals surface area contributed by atoms with Crippen LogP contribution in [0.2, 0.25) is 0 Å². The number of carbonyl (C=O) groups excluding carboxylic acids is 1. The van der Waals surface area contributed by atoms with Crippen LogP contribution >= 0.6 is 11.3 Å². The standard InChI is InChI=1S/C19H23N5OS/c1-15(19(25)22-8-6-17-5-3-13-26-17)23-9-11-24(12-10-23)18-16(14-20)4-2-7-21-18/h2-5,7,13,15H,6,8-12H2,1H3,(H,22,25). The number of piperazine rings is 1. The van der Waals surface area contributed by atoms with Crippen molar-refractivity contribution in [3.63, 3.8) is 0 Å². The molecule has 6 nitrogen and oxygen atoms in total. The van der Waals surface area contributed by atoms with Crippen LogP contribution in [0.4, 0.5) is 5.82 Å². The summed E-state index contributed by atoms with van der Waals surface area (Å²) in [5, 5.41) is 14.3. The van der Waals surface area contributed by atoms with Gasteiger partial charge in [-0.2, -0.15) is 5.26 Å². The molecule has 1 saturated heterocycles. The maximum Gasteiger partial charge on any atom is 0.237 e. The average Bonchev–Trinajstić information content (AvgIpc) is 3.21. The predicted octanol–water partition coefficient (Wildman–Crippen LogP) is 1.88. The van der Waals surface area contributed by atoms with Crippen molar-refractivity contribution in [3.05, 3.63) is 46.3 Å². The van der Waals surface area contributed by atoms with Gasteiger partial charge in [-0.25, -0.2) is 4.98 Å². The Kier molecular flexibility index (Phi) is 6.21. The molecule has 1 amide bonds. The van der Waals surface area contributed by atoms with Gasteiger partial charge in [0, 0.05) is 43.8 Å². The molecule has 1 N–H and O–H groups in total. The smallest absolute Gasteiger partial charge is 0.237 e. The van der Waals surface area contributed by atoms with E-state index < -0.39 is 0 Å². The number of pyridine rings is 1. The Labute approximate surface area is 158 Å². The molecule has 0 spiro atoms. The van der Waals surface area contributed by atoms with E-state index in [0.717, 1.165) is 38.4 Å². The third-order valence-electron chi connectivity index (χ3n) is 4.70. The lowest BCUT2D eigenvalue weighted by Gasteiger charge is -2.38. The van der Waals surface area contributed by atoms with Crippen molar-refractivity contribution in [2.45, 2.75) is 19.4 Å². The zero-order chi connectivity index (χ0) is 18.4. The molecule has 1 unspecified atom stereocenters. The second kappa shape index (κ2) is 8.79. The fraction of sp³-hybridized carbons (Fsp3) is 0.421. The van der Waals surface area contributed by atoms with Gasteiger partial charge in [-0.05, 0) is 36.9 Å². The second-order valence-electron chi connectivity index (χ2n) is 6.31. The summed E-state index contributed by atoms with van der Waals surface area (Å²) in [6.45, 7) is 5.71. The van der Waals surface area contributed by atoms with Gasteiger partial charge in [0.25, 0.3) is 0 Å². The van der Waals surface area contributed by atoms with Crippen LogP contribution < -0.4 is 10.2 Å². The lowest BCUT2D eigenvalue weighted by atomic mass is 10.2. The maximum absolute atomic E-state index is 12.4. The van der Waals surface area contributed by atoms with Crippen molar-refractivity contribution in [2.24, 2.45) is 0 Å². The number of anilines is 1. The van der Waals surface area contributed by atoms with Crippen molar-refractivity contribution in [1.29, 1.82) is 5.26 Å². The summed E-state index contributed by atoms with van der Waals surface area (Å²) in [5.74, 6) is 0.813. The molecule has 1 atom stereocenters. The van der Waals surface area contributed by atoms with Crippen LogP contribution in [0.25, 0.3) is 0 Å². The molecule has 0 bridgehead atoms. The van der Waals surface area contributed by atoms with E-state index in [-0.39, 0.29) is 11.9 Å². The molecule has 2 aromatic rings. The van der Waals surface area contributed by atoms with Crippen molar-refractivity contribution >= 4 is 23.1 Å². The molecule has 136 valence electrons. The highest BCUT2D eigenvalue weighted by atomic mass is 32.1. The summed E-state index contributed by atoms with van der Waals surface area (Å²) in [4.78, 5) is 22.3. The number of hydrogen-bond donors (Lipinski definition) is 1.